The van der Waals surface area contributed by atoms with Crippen molar-refractivity contribution in [3.63, 3.8) is 0 Å². The Morgan fingerprint density at radius 1 is 1.32 bits per heavy atom. The summed E-state index contributed by atoms with van der Waals surface area (Å²) in [6.45, 7) is 4.03. The molecule has 0 aliphatic carbocycles. The monoisotopic (exact) mass is 286 g/mol. The number of benzene rings is 1. The minimum absolute atomic E-state index is 0.0293. The van der Waals surface area contributed by atoms with Gasteiger partial charge in [-0.05, 0) is 44.9 Å². The van der Waals surface area contributed by atoms with Gasteiger partial charge in [0, 0.05) is 18.1 Å². The summed E-state index contributed by atoms with van der Waals surface area (Å²) in [5.74, 6) is -0.550. The highest BCUT2D eigenvalue weighted by molar-refractivity contribution is 7.89. The molecule has 2 N–H and O–H groups in total. The van der Waals surface area contributed by atoms with Crippen molar-refractivity contribution < 1.29 is 12.8 Å². The Balaban J connectivity index is 2.13. The van der Waals surface area contributed by atoms with Gasteiger partial charge in [-0.3, -0.25) is 0 Å². The van der Waals surface area contributed by atoms with Crippen molar-refractivity contribution in [2.24, 2.45) is 0 Å². The second kappa shape index (κ2) is 5.56. The molecule has 0 spiro atoms. The summed E-state index contributed by atoms with van der Waals surface area (Å²) in [7, 11) is -3.66. The van der Waals surface area contributed by atoms with Gasteiger partial charge in [-0.2, -0.15) is 0 Å². The number of hydrogen-bond acceptors (Lipinski definition) is 3. The minimum Gasteiger partial charge on any atom is -0.310 e. The van der Waals surface area contributed by atoms with Crippen LogP contribution in [0.5, 0.6) is 0 Å². The number of sulfonamides is 1. The quantitative estimate of drug-likeness (QED) is 0.888. The molecule has 0 bridgehead atoms. The maximum absolute atomic E-state index is 13.1. The molecule has 4 nitrogen and oxygen atoms in total. The lowest BCUT2D eigenvalue weighted by Crippen LogP contribution is -2.54. The number of nitrogens with one attached hydrogen (secondary N) is 2. The van der Waals surface area contributed by atoms with Gasteiger partial charge in [0.15, 0.2) is 0 Å². The molecule has 1 aliphatic heterocycles. The first-order chi connectivity index (χ1) is 8.88. The summed E-state index contributed by atoms with van der Waals surface area (Å²) in [5.41, 5.74) is 0. The second-order valence-corrected chi connectivity index (χ2v) is 6.83. The Bertz CT molecular complexity index is 547. The van der Waals surface area contributed by atoms with Gasteiger partial charge in [0.1, 0.15) is 5.82 Å². The first-order valence-electron chi connectivity index (χ1n) is 6.42. The van der Waals surface area contributed by atoms with E-state index in [-0.39, 0.29) is 17.0 Å². The third-order valence-electron chi connectivity index (χ3n) is 3.47. The fourth-order valence-electron chi connectivity index (χ4n) is 2.39. The molecule has 1 heterocycles. The molecule has 1 aromatic rings. The molecule has 1 fully saturated rings. The summed E-state index contributed by atoms with van der Waals surface area (Å²) >= 11 is 0. The van der Waals surface area contributed by atoms with E-state index in [0.29, 0.717) is 6.04 Å². The fraction of sp³-hybridized carbons (Fsp3) is 0.538. The van der Waals surface area contributed by atoms with Crippen LogP contribution in [0, 0.1) is 5.82 Å². The Morgan fingerprint density at radius 2 is 2.05 bits per heavy atom. The molecule has 0 amide bonds. The molecular formula is C13H19FN2O2S. The molecule has 3 unspecified atom stereocenters. The van der Waals surface area contributed by atoms with Gasteiger partial charge in [-0.15, -0.1) is 0 Å². The number of halogens is 1. The molecule has 0 aromatic heterocycles. The average molecular weight is 286 g/mol. The van der Waals surface area contributed by atoms with Crippen LogP contribution >= 0.6 is 0 Å². The van der Waals surface area contributed by atoms with Crippen LogP contribution in [0.15, 0.2) is 29.2 Å². The normalized spacial score (nSPS) is 28.3. The Hall–Kier alpha value is -0.980. The first kappa shape index (κ1) is 14.4. The van der Waals surface area contributed by atoms with Crippen LogP contribution in [-0.4, -0.2) is 26.5 Å². The molecular weight excluding hydrogens is 267 g/mol. The van der Waals surface area contributed by atoms with Gasteiger partial charge in [-0.1, -0.05) is 6.07 Å². The third-order valence-corrected chi connectivity index (χ3v) is 4.96. The van der Waals surface area contributed by atoms with Crippen LogP contribution in [0.1, 0.15) is 26.7 Å². The second-order valence-electron chi connectivity index (χ2n) is 5.12. The predicted octanol–water partition coefficient (Wildman–Crippen LogP) is 1.63. The standard InChI is InChI=1S/C13H19FN2O2S/c1-9-6-7-13(10(2)15-9)16-19(17,18)12-5-3-4-11(14)8-12/h3-5,8-10,13,15-16H,6-7H2,1-2H3. The highest BCUT2D eigenvalue weighted by Crippen LogP contribution is 2.17. The highest BCUT2D eigenvalue weighted by Gasteiger charge is 2.28. The van der Waals surface area contributed by atoms with E-state index in [9.17, 15) is 12.8 Å². The van der Waals surface area contributed by atoms with Gasteiger partial charge in [0.25, 0.3) is 0 Å². The average Bonchev–Trinajstić information content (AvgIpc) is 2.33. The van der Waals surface area contributed by atoms with Crippen molar-refractivity contribution in [2.45, 2.75) is 49.7 Å². The maximum atomic E-state index is 13.1. The first-order valence-corrected chi connectivity index (χ1v) is 7.91. The van der Waals surface area contributed by atoms with Crippen molar-refractivity contribution in [2.75, 3.05) is 0 Å². The van der Waals surface area contributed by atoms with Crippen molar-refractivity contribution in [1.82, 2.24) is 10.0 Å². The van der Waals surface area contributed by atoms with Crippen LogP contribution in [0.2, 0.25) is 0 Å². The molecule has 106 valence electrons. The van der Waals surface area contributed by atoms with E-state index in [1.807, 2.05) is 6.92 Å². The van der Waals surface area contributed by atoms with E-state index in [1.165, 1.54) is 18.2 Å². The molecule has 1 saturated heterocycles. The van der Waals surface area contributed by atoms with Gasteiger partial charge < -0.3 is 5.32 Å². The lowest BCUT2D eigenvalue weighted by atomic mass is 9.96. The largest absolute Gasteiger partial charge is 0.310 e. The number of rotatable bonds is 3. The zero-order valence-corrected chi connectivity index (χ0v) is 11.9. The van der Waals surface area contributed by atoms with Crippen LogP contribution in [0.4, 0.5) is 4.39 Å². The summed E-state index contributed by atoms with van der Waals surface area (Å²) in [5, 5.41) is 3.31. The molecule has 1 aliphatic rings. The Kier molecular flexibility index (Phi) is 4.23. The van der Waals surface area contributed by atoms with E-state index in [0.717, 1.165) is 18.9 Å². The van der Waals surface area contributed by atoms with Crippen molar-refractivity contribution in [3.8, 4) is 0 Å². The van der Waals surface area contributed by atoms with E-state index in [2.05, 4.69) is 17.0 Å². The summed E-state index contributed by atoms with van der Waals surface area (Å²) in [6, 6.07) is 5.35. The lowest BCUT2D eigenvalue weighted by molar-refractivity contribution is 0.297. The molecule has 0 radical (unpaired) electrons. The van der Waals surface area contributed by atoms with Crippen LogP contribution < -0.4 is 10.0 Å². The van der Waals surface area contributed by atoms with E-state index in [4.69, 9.17) is 0 Å². The van der Waals surface area contributed by atoms with Crippen LogP contribution in [-0.2, 0) is 10.0 Å². The number of hydrogen-bond donors (Lipinski definition) is 2. The van der Waals surface area contributed by atoms with Crippen molar-refractivity contribution in [1.29, 1.82) is 0 Å². The molecule has 6 heteroatoms. The Labute approximate surface area is 113 Å². The summed E-state index contributed by atoms with van der Waals surface area (Å²) < 4.78 is 40.1. The fourth-order valence-corrected chi connectivity index (χ4v) is 3.77. The summed E-state index contributed by atoms with van der Waals surface area (Å²) in [4.78, 5) is -0.0293. The summed E-state index contributed by atoms with van der Waals surface area (Å²) in [6.07, 6.45) is 1.70. The highest BCUT2D eigenvalue weighted by atomic mass is 32.2. The molecule has 1 aromatic carbocycles. The lowest BCUT2D eigenvalue weighted by Gasteiger charge is -2.34. The van der Waals surface area contributed by atoms with Gasteiger partial charge in [0.2, 0.25) is 10.0 Å². The van der Waals surface area contributed by atoms with Crippen LogP contribution in [0.3, 0.4) is 0 Å². The molecule has 3 atom stereocenters. The van der Waals surface area contributed by atoms with E-state index >= 15 is 0 Å². The Morgan fingerprint density at radius 3 is 2.68 bits per heavy atom. The van der Waals surface area contributed by atoms with Crippen LogP contribution in [0.25, 0.3) is 0 Å². The maximum Gasteiger partial charge on any atom is 0.240 e. The third kappa shape index (κ3) is 3.52. The SMILES string of the molecule is CC1CCC(NS(=O)(=O)c2cccc(F)c2)C(C)N1. The topological polar surface area (TPSA) is 58.2 Å². The molecule has 19 heavy (non-hydrogen) atoms. The smallest absolute Gasteiger partial charge is 0.240 e. The van der Waals surface area contributed by atoms with E-state index < -0.39 is 15.8 Å². The van der Waals surface area contributed by atoms with E-state index in [1.54, 1.807) is 0 Å². The number of piperidine rings is 1. The van der Waals surface area contributed by atoms with Crippen molar-refractivity contribution >= 4 is 10.0 Å². The van der Waals surface area contributed by atoms with Gasteiger partial charge >= 0.3 is 0 Å². The minimum atomic E-state index is -3.66. The zero-order chi connectivity index (χ0) is 14.0. The molecule has 0 saturated carbocycles. The zero-order valence-electron chi connectivity index (χ0n) is 11.1. The predicted molar refractivity (Wildman–Crippen MR) is 71.8 cm³/mol. The van der Waals surface area contributed by atoms with Gasteiger partial charge in [-0.25, -0.2) is 17.5 Å². The molecule has 2 rings (SSSR count). The van der Waals surface area contributed by atoms with Gasteiger partial charge in [0.05, 0.1) is 4.90 Å². The van der Waals surface area contributed by atoms with Crippen molar-refractivity contribution in [3.05, 3.63) is 30.1 Å².